The number of hydrogen-bond acceptors (Lipinski definition) is 4. The Balaban J connectivity index is 1.48. The van der Waals surface area contributed by atoms with Gasteiger partial charge in [0.1, 0.15) is 11.3 Å². The number of carbonyl (C=O) groups excluding carboxylic acids is 1. The minimum atomic E-state index is -0.305. The maximum Gasteiger partial charge on any atom is 0.235 e. The third-order valence-electron chi connectivity index (χ3n) is 7.31. The topological polar surface area (TPSA) is 36.4 Å². The molecule has 0 spiro atoms. The molecule has 0 N–H and O–H groups in total. The van der Waals surface area contributed by atoms with Crippen LogP contribution in [0.5, 0.6) is 0 Å². The quantitative estimate of drug-likeness (QED) is 0.671. The molecule has 4 aliphatic carbocycles. The van der Waals surface area contributed by atoms with Crippen LogP contribution >= 0.6 is 11.3 Å². The van der Waals surface area contributed by atoms with Crippen LogP contribution in [0.4, 0.5) is 9.52 Å². The minimum Gasteiger partial charge on any atom is -0.309 e. The SMILES string of the molecule is CN(C)CCCN(C(=O)C12CC3CC(CC(C3)C1)C2)c1nc2c(F)cccc2s1. The summed E-state index contributed by atoms with van der Waals surface area (Å²) in [5.74, 6) is 2.13. The molecule has 156 valence electrons. The first-order valence-electron chi connectivity index (χ1n) is 11.0. The molecule has 2 aromatic rings. The summed E-state index contributed by atoms with van der Waals surface area (Å²) >= 11 is 1.45. The summed E-state index contributed by atoms with van der Waals surface area (Å²) in [5, 5.41) is 0.671. The second-order valence-corrected chi connectivity index (χ2v) is 10.9. The fourth-order valence-electron chi connectivity index (χ4n) is 6.51. The van der Waals surface area contributed by atoms with Crippen molar-refractivity contribution < 1.29 is 9.18 Å². The van der Waals surface area contributed by atoms with E-state index in [-0.39, 0.29) is 17.1 Å². The van der Waals surface area contributed by atoms with Crippen LogP contribution in [0.25, 0.3) is 10.2 Å². The zero-order valence-corrected chi connectivity index (χ0v) is 18.2. The maximum atomic E-state index is 14.3. The molecule has 4 nitrogen and oxygen atoms in total. The Morgan fingerprint density at radius 2 is 1.79 bits per heavy atom. The van der Waals surface area contributed by atoms with Gasteiger partial charge in [0.25, 0.3) is 0 Å². The number of rotatable bonds is 6. The third kappa shape index (κ3) is 3.48. The van der Waals surface area contributed by atoms with E-state index in [0.717, 1.165) is 54.7 Å². The number of amides is 1. The van der Waals surface area contributed by atoms with Gasteiger partial charge in [0.2, 0.25) is 5.91 Å². The second-order valence-electron chi connectivity index (χ2n) is 9.89. The molecule has 0 atom stereocenters. The van der Waals surface area contributed by atoms with Gasteiger partial charge in [-0.05, 0) is 95.5 Å². The Labute approximate surface area is 176 Å². The van der Waals surface area contributed by atoms with Crippen molar-refractivity contribution in [2.75, 3.05) is 32.1 Å². The van der Waals surface area contributed by atoms with Gasteiger partial charge in [-0.15, -0.1) is 0 Å². The molecule has 1 aromatic heterocycles. The molecule has 4 saturated carbocycles. The van der Waals surface area contributed by atoms with Gasteiger partial charge in [-0.25, -0.2) is 9.37 Å². The molecule has 0 radical (unpaired) electrons. The van der Waals surface area contributed by atoms with Gasteiger partial charge in [-0.3, -0.25) is 9.69 Å². The highest BCUT2D eigenvalue weighted by Gasteiger charge is 2.55. The molecule has 4 bridgehead atoms. The lowest BCUT2D eigenvalue weighted by atomic mass is 9.49. The number of halogens is 1. The highest BCUT2D eigenvalue weighted by Crippen LogP contribution is 2.60. The lowest BCUT2D eigenvalue weighted by molar-refractivity contribution is -0.143. The van der Waals surface area contributed by atoms with Crippen LogP contribution in [0.15, 0.2) is 18.2 Å². The maximum absolute atomic E-state index is 14.3. The number of fused-ring (bicyclic) bond motifs is 1. The number of carbonyl (C=O) groups is 1. The number of nitrogens with zero attached hydrogens (tertiary/aromatic N) is 3. The van der Waals surface area contributed by atoms with Crippen molar-refractivity contribution in [3.8, 4) is 0 Å². The second kappa shape index (κ2) is 7.31. The number of para-hydroxylation sites is 1. The molecule has 0 saturated heterocycles. The molecule has 4 fully saturated rings. The molecular formula is C23H30FN3OS. The molecule has 0 unspecified atom stereocenters. The van der Waals surface area contributed by atoms with Crippen molar-refractivity contribution in [2.24, 2.45) is 23.2 Å². The van der Waals surface area contributed by atoms with Crippen LogP contribution in [0.1, 0.15) is 44.9 Å². The Hall–Kier alpha value is -1.53. The van der Waals surface area contributed by atoms with Gasteiger partial charge in [0.15, 0.2) is 5.13 Å². The Bertz CT molecular complexity index is 889. The minimum absolute atomic E-state index is 0.205. The highest BCUT2D eigenvalue weighted by atomic mass is 32.1. The number of benzene rings is 1. The predicted octanol–water partition coefficient (Wildman–Crippen LogP) is 4.94. The van der Waals surface area contributed by atoms with Gasteiger partial charge in [-0.2, -0.15) is 0 Å². The van der Waals surface area contributed by atoms with Crippen LogP contribution < -0.4 is 4.90 Å². The van der Waals surface area contributed by atoms with E-state index >= 15 is 0 Å². The van der Waals surface area contributed by atoms with E-state index in [1.165, 1.54) is 36.7 Å². The Morgan fingerprint density at radius 1 is 1.14 bits per heavy atom. The summed E-state index contributed by atoms with van der Waals surface area (Å²) < 4.78 is 15.1. The molecule has 4 aliphatic rings. The predicted molar refractivity (Wildman–Crippen MR) is 116 cm³/mol. The smallest absolute Gasteiger partial charge is 0.235 e. The fourth-order valence-corrected chi connectivity index (χ4v) is 7.51. The van der Waals surface area contributed by atoms with Crippen LogP contribution in [-0.4, -0.2) is 43.0 Å². The molecule has 1 amide bonds. The van der Waals surface area contributed by atoms with Crippen LogP contribution in [0, 0.1) is 29.0 Å². The average Bonchev–Trinajstić information content (AvgIpc) is 3.09. The van der Waals surface area contributed by atoms with E-state index in [1.54, 1.807) is 6.07 Å². The van der Waals surface area contributed by atoms with Crippen LogP contribution in [0.2, 0.25) is 0 Å². The zero-order valence-electron chi connectivity index (χ0n) is 17.4. The van der Waals surface area contributed by atoms with Crippen molar-refractivity contribution in [1.29, 1.82) is 0 Å². The lowest BCUT2D eigenvalue weighted by Crippen LogP contribution is -2.55. The monoisotopic (exact) mass is 415 g/mol. The normalized spacial score (nSPS) is 30.4. The van der Waals surface area contributed by atoms with E-state index in [1.807, 2.05) is 11.0 Å². The number of aromatic nitrogens is 1. The summed E-state index contributed by atoms with van der Waals surface area (Å²) in [4.78, 5) is 22.7. The third-order valence-corrected chi connectivity index (χ3v) is 8.36. The van der Waals surface area contributed by atoms with Crippen molar-refractivity contribution in [2.45, 2.75) is 44.9 Å². The summed E-state index contributed by atoms with van der Waals surface area (Å²) in [6.45, 7) is 1.57. The first-order chi connectivity index (χ1) is 13.9. The highest BCUT2D eigenvalue weighted by molar-refractivity contribution is 7.22. The fraction of sp³-hybridized carbons (Fsp3) is 0.652. The van der Waals surface area contributed by atoms with Crippen LogP contribution in [0.3, 0.4) is 0 Å². The van der Waals surface area contributed by atoms with Gasteiger partial charge >= 0.3 is 0 Å². The van der Waals surface area contributed by atoms with E-state index < -0.39 is 0 Å². The Kier molecular flexibility index (Phi) is 4.90. The van der Waals surface area contributed by atoms with Crippen LogP contribution in [-0.2, 0) is 4.79 Å². The van der Waals surface area contributed by atoms with Crippen molar-refractivity contribution >= 4 is 32.6 Å². The molecule has 1 heterocycles. The summed E-state index contributed by atoms with van der Waals surface area (Å²) in [6, 6.07) is 5.06. The summed E-state index contributed by atoms with van der Waals surface area (Å²) in [7, 11) is 4.11. The molecule has 6 rings (SSSR count). The van der Waals surface area contributed by atoms with Gasteiger partial charge in [0, 0.05) is 6.54 Å². The molecule has 1 aromatic carbocycles. The van der Waals surface area contributed by atoms with Gasteiger partial charge in [0.05, 0.1) is 10.1 Å². The molecule has 29 heavy (non-hydrogen) atoms. The zero-order chi connectivity index (χ0) is 20.2. The largest absolute Gasteiger partial charge is 0.309 e. The van der Waals surface area contributed by atoms with Gasteiger partial charge in [-0.1, -0.05) is 17.4 Å². The number of thiazole rings is 1. The first-order valence-corrected chi connectivity index (χ1v) is 11.8. The van der Waals surface area contributed by atoms with E-state index in [9.17, 15) is 9.18 Å². The Morgan fingerprint density at radius 3 is 2.38 bits per heavy atom. The van der Waals surface area contributed by atoms with Crippen molar-refractivity contribution in [3.05, 3.63) is 24.0 Å². The number of anilines is 1. The van der Waals surface area contributed by atoms with Crippen molar-refractivity contribution in [3.63, 3.8) is 0 Å². The summed E-state index contributed by atoms with van der Waals surface area (Å²) in [6.07, 6.45) is 7.98. The molecule has 6 heteroatoms. The van der Waals surface area contributed by atoms with E-state index in [2.05, 4.69) is 24.0 Å². The molecule has 0 aliphatic heterocycles. The van der Waals surface area contributed by atoms with E-state index in [4.69, 9.17) is 0 Å². The van der Waals surface area contributed by atoms with Crippen molar-refractivity contribution in [1.82, 2.24) is 9.88 Å². The first kappa shape index (κ1) is 19.4. The van der Waals surface area contributed by atoms with Gasteiger partial charge < -0.3 is 4.90 Å². The standard InChI is InChI=1S/C23H30FN3OS/c1-26(2)7-4-8-27(22-25-20-18(24)5-3-6-19(20)29-22)21(28)23-12-15-9-16(13-23)11-17(10-15)14-23/h3,5-6,15-17H,4,7-14H2,1-2H3. The lowest BCUT2D eigenvalue weighted by Gasteiger charge is -2.56. The molecular weight excluding hydrogens is 385 g/mol. The van der Waals surface area contributed by atoms with E-state index in [0.29, 0.717) is 17.2 Å². The summed E-state index contributed by atoms with van der Waals surface area (Å²) in [5.41, 5.74) is 0.187. The average molecular weight is 416 g/mol. The number of hydrogen-bond donors (Lipinski definition) is 0.